The van der Waals surface area contributed by atoms with Crippen molar-refractivity contribution >= 4 is 15.9 Å². The van der Waals surface area contributed by atoms with E-state index in [1.54, 1.807) is 0 Å². The molecule has 2 unspecified atom stereocenters. The first-order valence-electron chi connectivity index (χ1n) is 5.80. The highest BCUT2D eigenvalue weighted by Crippen LogP contribution is 2.34. The van der Waals surface area contributed by atoms with Crippen LogP contribution in [0.3, 0.4) is 0 Å². The number of aryl methyl sites for hydroxylation is 1. The van der Waals surface area contributed by atoms with Gasteiger partial charge in [-0.3, -0.25) is 4.98 Å². The molecule has 0 aliphatic carbocycles. The first-order chi connectivity index (χ1) is 7.60. The molecule has 16 heavy (non-hydrogen) atoms. The van der Waals surface area contributed by atoms with Crippen molar-refractivity contribution in [2.75, 3.05) is 6.61 Å². The highest BCUT2D eigenvalue weighted by Gasteiger charge is 2.36. The third-order valence-electron chi connectivity index (χ3n) is 3.27. The minimum Gasteiger partial charge on any atom is -0.374 e. The van der Waals surface area contributed by atoms with Gasteiger partial charge in [0.2, 0.25) is 0 Å². The van der Waals surface area contributed by atoms with Gasteiger partial charge in [-0.1, -0.05) is 22.0 Å². The maximum Gasteiger partial charge on any atom is 0.0783 e. The van der Waals surface area contributed by atoms with Gasteiger partial charge in [0, 0.05) is 29.7 Å². The van der Waals surface area contributed by atoms with Gasteiger partial charge < -0.3 is 4.74 Å². The highest BCUT2D eigenvalue weighted by molar-refractivity contribution is 9.09. The molecule has 0 radical (unpaired) electrons. The lowest BCUT2D eigenvalue weighted by Crippen LogP contribution is -2.36. The van der Waals surface area contributed by atoms with Gasteiger partial charge in [-0.2, -0.15) is 0 Å². The first kappa shape index (κ1) is 12.1. The lowest BCUT2D eigenvalue weighted by atomic mass is 9.95. The van der Waals surface area contributed by atoms with Crippen molar-refractivity contribution in [2.45, 2.75) is 43.5 Å². The van der Waals surface area contributed by atoms with Crippen molar-refractivity contribution in [3.63, 3.8) is 0 Å². The summed E-state index contributed by atoms with van der Waals surface area (Å²) in [6.07, 6.45) is 5.15. The molecular weight excluding hydrogens is 266 g/mol. The van der Waals surface area contributed by atoms with Gasteiger partial charge in [0.05, 0.1) is 5.60 Å². The van der Waals surface area contributed by atoms with Crippen molar-refractivity contribution in [3.8, 4) is 0 Å². The van der Waals surface area contributed by atoms with Gasteiger partial charge in [-0.05, 0) is 38.3 Å². The van der Waals surface area contributed by atoms with E-state index in [2.05, 4.69) is 46.9 Å². The quantitative estimate of drug-likeness (QED) is 0.795. The normalized spacial score (nSPS) is 26.9. The van der Waals surface area contributed by atoms with E-state index in [4.69, 9.17) is 4.74 Å². The van der Waals surface area contributed by atoms with Crippen molar-refractivity contribution in [3.05, 3.63) is 29.6 Å². The van der Waals surface area contributed by atoms with Gasteiger partial charge in [-0.15, -0.1) is 0 Å². The fraction of sp³-hybridized carbons (Fsp3) is 0.615. The number of aromatic nitrogens is 1. The molecule has 2 heterocycles. The van der Waals surface area contributed by atoms with Crippen LogP contribution in [-0.4, -0.2) is 22.0 Å². The van der Waals surface area contributed by atoms with Crippen LogP contribution >= 0.6 is 15.9 Å². The maximum atomic E-state index is 5.82. The van der Waals surface area contributed by atoms with Crippen LogP contribution < -0.4 is 0 Å². The smallest absolute Gasteiger partial charge is 0.0783 e. The average Bonchev–Trinajstić information content (AvgIpc) is 2.70. The van der Waals surface area contributed by atoms with Crippen molar-refractivity contribution in [2.24, 2.45) is 0 Å². The Bertz CT molecular complexity index is 343. The fourth-order valence-electron chi connectivity index (χ4n) is 2.07. The summed E-state index contributed by atoms with van der Waals surface area (Å²) in [7, 11) is 0. The summed E-state index contributed by atoms with van der Waals surface area (Å²) in [6, 6.07) is 4.21. The molecule has 1 aromatic rings. The molecule has 0 bridgehead atoms. The summed E-state index contributed by atoms with van der Waals surface area (Å²) in [5, 5.41) is 0. The van der Waals surface area contributed by atoms with Gasteiger partial charge in [-0.25, -0.2) is 0 Å². The second-order valence-corrected chi connectivity index (χ2v) is 5.87. The molecule has 1 aromatic heterocycles. The SMILES string of the molecule is Cc1ccc(CC(Br)C2(C)CCCO2)nc1. The van der Waals surface area contributed by atoms with E-state index in [1.807, 2.05) is 6.20 Å². The zero-order valence-electron chi connectivity index (χ0n) is 9.87. The molecule has 1 saturated heterocycles. The number of ether oxygens (including phenoxy) is 1. The molecule has 0 aromatic carbocycles. The highest BCUT2D eigenvalue weighted by atomic mass is 79.9. The zero-order chi connectivity index (χ0) is 11.6. The molecule has 2 rings (SSSR count). The minimum atomic E-state index is -0.0213. The molecule has 2 atom stereocenters. The third kappa shape index (κ3) is 2.64. The average molecular weight is 284 g/mol. The number of alkyl halides is 1. The molecule has 1 aliphatic heterocycles. The second-order valence-electron chi connectivity index (χ2n) is 4.76. The monoisotopic (exact) mass is 283 g/mol. The second kappa shape index (κ2) is 4.84. The largest absolute Gasteiger partial charge is 0.374 e. The molecule has 1 aliphatic rings. The van der Waals surface area contributed by atoms with Crippen LogP contribution in [0, 0.1) is 6.92 Å². The predicted molar refractivity (Wildman–Crippen MR) is 69.0 cm³/mol. The molecule has 0 N–H and O–H groups in total. The Balaban J connectivity index is 2.01. The van der Waals surface area contributed by atoms with E-state index in [1.165, 1.54) is 12.0 Å². The Kier molecular flexibility index (Phi) is 3.65. The van der Waals surface area contributed by atoms with Crippen molar-refractivity contribution in [1.29, 1.82) is 0 Å². The van der Waals surface area contributed by atoms with E-state index in [0.717, 1.165) is 25.1 Å². The molecule has 2 nitrogen and oxygen atoms in total. The van der Waals surface area contributed by atoms with Crippen LogP contribution in [0.4, 0.5) is 0 Å². The van der Waals surface area contributed by atoms with E-state index < -0.39 is 0 Å². The summed E-state index contributed by atoms with van der Waals surface area (Å²) >= 11 is 3.75. The van der Waals surface area contributed by atoms with Crippen LogP contribution in [0.5, 0.6) is 0 Å². The Morgan fingerprint density at radius 2 is 2.38 bits per heavy atom. The Morgan fingerprint density at radius 1 is 1.56 bits per heavy atom. The van der Waals surface area contributed by atoms with Gasteiger partial charge in [0.25, 0.3) is 0 Å². The number of halogens is 1. The first-order valence-corrected chi connectivity index (χ1v) is 6.71. The van der Waals surface area contributed by atoms with Crippen LogP contribution in [0.2, 0.25) is 0 Å². The standard InChI is InChI=1S/C13H18BrNO/c1-10-4-5-11(15-9-10)8-12(14)13(2)6-3-7-16-13/h4-5,9,12H,3,6-8H2,1-2H3. The zero-order valence-corrected chi connectivity index (χ0v) is 11.5. The van der Waals surface area contributed by atoms with Crippen molar-refractivity contribution < 1.29 is 4.74 Å². The van der Waals surface area contributed by atoms with E-state index in [0.29, 0.717) is 4.83 Å². The number of hydrogen-bond donors (Lipinski definition) is 0. The molecular formula is C13H18BrNO. The molecule has 0 spiro atoms. The van der Waals surface area contributed by atoms with E-state index in [-0.39, 0.29) is 5.60 Å². The van der Waals surface area contributed by atoms with E-state index >= 15 is 0 Å². The fourth-order valence-corrected chi connectivity index (χ4v) is 2.76. The third-order valence-corrected chi connectivity index (χ3v) is 4.57. The van der Waals surface area contributed by atoms with Crippen LogP contribution in [-0.2, 0) is 11.2 Å². The number of pyridine rings is 1. The number of hydrogen-bond acceptors (Lipinski definition) is 2. The number of rotatable bonds is 3. The van der Waals surface area contributed by atoms with Crippen LogP contribution in [0.25, 0.3) is 0 Å². The van der Waals surface area contributed by atoms with Gasteiger partial charge >= 0.3 is 0 Å². The molecule has 0 saturated carbocycles. The Morgan fingerprint density at radius 3 is 2.94 bits per heavy atom. The van der Waals surface area contributed by atoms with E-state index in [9.17, 15) is 0 Å². The van der Waals surface area contributed by atoms with Gasteiger partial charge in [0.15, 0.2) is 0 Å². The Labute approximate surface area is 106 Å². The summed E-state index contributed by atoms with van der Waals surface area (Å²) in [5.74, 6) is 0. The maximum absolute atomic E-state index is 5.82. The predicted octanol–water partition coefficient (Wildman–Crippen LogP) is 3.27. The molecule has 1 fully saturated rings. The van der Waals surface area contributed by atoms with Crippen LogP contribution in [0.1, 0.15) is 31.0 Å². The Hall–Kier alpha value is -0.410. The number of nitrogens with zero attached hydrogens (tertiary/aromatic N) is 1. The topological polar surface area (TPSA) is 22.1 Å². The summed E-state index contributed by atoms with van der Waals surface area (Å²) in [4.78, 5) is 4.78. The van der Waals surface area contributed by atoms with Crippen LogP contribution in [0.15, 0.2) is 18.3 Å². The minimum absolute atomic E-state index is 0.0213. The molecule has 88 valence electrons. The summed E-state index contributed by atoms with van der Waals surface area (Å²) < 4.78 is 5.82. The molecule has 0 amide bonds. The lowest BCUT2D eigenvalue weighted by molar-refractivity contribution is 0.0200. The summed E-state index contributed by atoms with van der Waals surface area (Å²) in [5.41, 5.74) is 2.31. The van der Waals surface area contributed by atoms with Crippen molar-refractivity contribution in [1.82, 2.24) is 4.98 Å². The van der Waals surface area contributed by atoms with Gasteiger partial charge in [0.1, 0.15) is 0 Å². The molecule has 3 heteroatoms. The summed E-state index contributed by atoms with van der Waals surface area (Å²) in [6.45, 7) is 5.14. The lowest BCUT2D eigenvalue weighted by Gasteiger charge is -2.28.